The number of methoxy groups -OCH3 is 1. The number of hydrogen-bond acceptors (Lipinski definition) is 12. The molecule has 286 valence electrons. The van der Waals surface area contributed by atoms with Crippen molar-refractivity contribution in [2.24, 2.45) is 0 Å². The van der Waals surface area contributed by atoms with Crippen LogP contribution in [0.2, 0.25) is 0 Å². The number of hydrogen-bond donors (Lipinski definition) is 0. The van der Waals surface area contributed by atoms with E-state index in [2.05, 4.69) is 24.2 Å². The summed E-state index contributed by atoms with van der Waals surface area (Å²) in [5.74, 6) is -5.24. The smallest absolute Gasteiger partial charge is 0.475 e. The highest BCUT2D eigenvalue weighted by atomic mass is 19.4. The molecule has 0 aliphatic rings. The molecule has 0 atom stereocenters. The first-order valence-electron chi connectivity index (χ1n) is 16.0. The van der Waals surface area contributed by atoms with E-state index in [1.54, 1.807) is 45.3 Å². The fourth-order valence-corrected chi connectivity index (χ4v) is 4.83. The van der Waals surface area contributed by atoms with Gasteiger partial charge in [0.05, 0.1) is 24.8 Å². The number of carbonyl (C=O) groups excluding carboxylic acids is 3. The zero-order valence-corrected chi connectivity index (χ0v) is 29.1. The number of pyridine rings is 2. The highest BCUT2D eigenvalue weighted by Crippen LogP contribution is 2.32. The molecule has 2 heterocycles. The lowest BCUT2D eigenvalue weighted by atomic mass is 10.1. The first-order chi connectivity index (χ1) is 25.0. The van der Waals surface area contributed by atoms with E-state index < -0.39 is 54.4 Å². The van der Waals surface area contributed by atoms with Gasteiger partial charge in [-0.1, -0.05) is 6.07 Å². The first-order valence-corrected chi connectivity index (χ1v) is 16.0. The van der Waals surface area contributed by atoms with Crippen molar-refractivity contribution in [2.45, 2.75) is 52.1 Å². The average molecular weight is 754 g/mol. The fraction of sp³-hybridized carbons (Fsp3) is 0.400. The molecule has 0 spiro atoms. The summed E-state index contributed by atoms with van der Waals surface area (Å²) in [6.45, 7) is 4.49. The van der Waals surface area contributed by atoms with Gasteiger partial charge in [0.15, 0.2) is 11.6 Å². The average Bonchev–Trinajstić information content (AvgIpc) is 3.08. The predicted molar refractivity (Wildman–Crippen MR) is 176 cm³/mol. The number of aromatic nitrogens is 2. The van der Waals surface area contributed by atoms with Gasteiger partial charge in [-0.15, -0.1) is 13.2 Å². The van der Waals surface area contributed by atoms with Gasteiger partial charge in [-0.2, -0.15) is 0 Å². The number of halogens is 5. The number of rotatable bonds is 15. The molecule has 2 aromatic heterocycles. The predicted octanol–water partition coefficient (Wildman–Crippen LogP) is 7.47. The van der Waals surface area contributed by atoms with Crippen LogP contribution in [0.15, 0.2) is 48.8 Å². The van der Waals surface area contributed by atoms with Gasteiger partial charge in [-0.3, -0.25) is 4.98 Å². The summed E-state index contributed by atoms with van der Waals surface area (Å²) in [6.07, 6.45) is -3.04. The third-order valence-corrected chi connectivity index (χ3v) is 7.06. The molecule has 18 heteroatoms. The summed E-state index contributed by atoms with van der Waals surface area (Å²) in [6, 6.07) is 7.76. The number of esters is 1. The summed E-state index contributed by atoms with van der Waals surface area (Å²) in [7, 11) is 1.12. The second kappa shape index (κ2) is 17.8. The zero-order valence-electron chi connectivity index (χ0n) is 29.1. The lowest BCUT2D eigenvalue weighted by Gasteiger charge is -2.27. The molecule has 0 aliphatic heterocycles. The Hall–Kier alpha value is -5.52. The maximum atomic E-state index is 14.3. The highest BCUT2D eigenvalue weighted by molar-refractivity contribution is 6.08. The van der Waals surface area contributed by atoms with Crippen molar-refractivity contribution in [3.05, 3.63) is 71.6 Å². The third kappa shape index (κ3) is 12.0. The lowest BCUT2D eigenvalue weighted by Crippen LogP contribution is -2.37. The Morgan fingerprint density at radius 3 is 2.28 bits per heavy atom. The van der Waals surface area contributed by atoms with Crippen LogP contribution in [0.4, 0.5) is 31.5 Å². The number of nitrogens with zero attached hydrogens (tertiary/aromatic N) is 3. The van der Waals surface area contributed by atoms with Crippen LogP contribution in [0.1, 0.15) is 49.5 Å². The Balaban J connectivity index is 1.32. The SMILES string of the molecule is COC(=O)OCOC(=O)c1ccc2c(c1)nc(OCCOCCCCN(Cc1cc(F)c(OC(F)(F)F)c(F)c1)C(=O)OC(C)(C)C)c1ccncc12. The largest absolute Gasteiger partial charge is 0.573 e. The fourth-order valence-electron chi connectivity index (χ4n) is 4.83. The van der Waals surface area contributed by atoms with Crippen LogP contribution < -0.4 is 9.47 Å². The van der Waals surface area contributed by atoms with Gasteiger partial charge >= 0.3 is 24.6 Å². The standard InChI is InChI=1S/C35H36F5N3O10/c1-34(2,3)53-32(45)43(19-21-15-26(36)29(27(37)16-21)52-35(38,39)40)11-5-6-12-48-13-14-49-30-24-9-10-41-18-25(24)23-8-7-22(17-28(23)42-30)31(44)50-20-51-33(46)47-4/h7-10,15-18H,5-6,11-14,19-20H2,1-4H3. The van der Waals surface area contributed by atoms with Gasteiger partial charge < -0.3 is 38.1 Å². The molecule has 4 aromatic rings. The van der Waals surface area contributed by atoms with Crippen LogP contribution in [0.25, 0.3) is 21.7 Å². The molecule has 1 amide bonds. The first kappa shape index (κ1) is 40.3. The van der Waals surface area contributed by atoms with E-state index >= 15 is 0 Å². The van der Waals surface area contributed by atoms with Gasteiger partial charge in [-0.25, -0.2) is 28.1 Å². The van der Waals surface area contributed by atoms with Crippen molar-refractivity contribution >= 4 is 39.9 Å². The highest BCUT2D eigenvalue weighted by Gasteiger charge is 2.34. The van der Waals surface area contributed by atoms with E-state index in [-0.39, 0.29) is 49.9 Å². The number of alkyl halides is 3. The summed E-state index contributed by atoms with van der Waals surface area (Å²) in [5, 5.41) is 2.08. The molecule has 0 N–H and O–H groups in total. The second-order valence-electron chi connectivity index (χ2n) is 12.2. The number of carbonyl (C=O) groups is 3. The molecule has 4 rings (SSSR count). The molecule has 0 aliphatic carbocycles. The van der Waals surface area contributed by atoms with E-state index in [0.29, 0.717) is 46.6 Å². The number of amides is 1. The molecule has 2 aromatic carbocycles. The number of unbranched alkanes of at least 4 members (excludes halogenated alkanes) is 1. The molecule has 0 bridgehead atoms. The van der Waals surface area contributed by atoms with Gasteiger partial charge in [-0.05, 0) is 69.5 Å². The van der Waals surface area contributed by atoms with E-state index in [1.165, 1.54) is 17.0 Å². The van der Waals surface area contributed by atoms with Gasteiger partial charge in [0.25, 0.3) is 0 Å². The monoisotopic (exact) mass is 753 g/mol. The van der Waals surface area contributed by atoms with Crippen LogP contribution in [-0.4, -0.2) is 85.3 Å². The molecule has 13 nitrogen and oxygen atoms in total. The molecule has 0 saturated carbocycles. The van der Waals surface area contributed by atoms with E-state index in [1.807, 2.05) is 0 Å². The second-order valence-corrected chi connectivity index (χ2v) is 12.2. The van der Waals surface area contributed by atoms with Crippen molar-refractivity contribution < 1.29 is 69.5 Å². The van der Waals surface area contributed by atoms with Crippen molar-refractivity contribution in [2.75, 3.05) is 40.3 Å². The van der Waals surface area contributed by atoms with E-state index in [4.69, 9.17) is 18.9 Å². The number of fused-ring (bicyclic) bond motifs is 3. The quantitative estimate of drug-likeness (QED) is 0.0297. The summed E-state index contributed by atoms with van der Waals surface area (Å²) in [5.41, 5.74) is -0.442. The normalized spacial score (nSPS) is 11.6. The molecular weight excluding hydrogens is 717 g/mol. The van der Waals surface area contributed by atoms with Gasteiger partial charge in [0, 0.05) is 48.2 Å². The minimum absolute atomic E-state index is 0.0771. The van der Waals surface area contributed by atoms with Crippen LogP contribution >= 0.6 is 0 Å². The van der Waals surface area contributed by atoms with E-state index in [0.717, 1.165) is 7.11 Å². The van der Waals surface area contributed by atoms with Gasteiger partial charge in [0.2, 0.25) is 18.4 Å². The van der Waals surface area contributed by atoms with Gasteiger partial charge in [0.1, 0.15) is 12.2 Å². The van der Waals surface area contributed by atoms with Crippen LogP contribution in [0.3, 0.4) is 0 Å². The number of benzene rings is 2. The Bertz CT molecular complexity index is 1900. The Kier molecular flexibility index (Phi) is 13.5. The van der Waals surface area contributed by atoms with Crippen molar-refractivity contribution in [1.29, 1.82) is 0 Å². The minimum atomic E-state index is -5.30. The summed E-state index contributed by atoms with van der Waals surface area (Å²) >= 11 is 0. The molecule has 0 saturated heterocycles. The van der Waals surface area contributed by atoms with E-state index in [9.17, 15) is 36.3 Å². The minimum Gasteiger partial charge on any atom is -0.475 e. The Morgan fingerprint density at radius 2 is 1.60 bits per heavy atom. The third-order valence-electron chi connectivity index (χ3n) is 7.06. The Morgan fingerprint density at radius 1 is 0.868 bits per heavy atom. The zero-order chi connectivity index (χ0) is 38.8. The molecule has 0 fully saturated rings. The van der Waals surface area contributed by atoms with Crippen molar-refractivity contribution in [1.82, 2.24) is 14.9 Å². The Labute approximate surface area is 299 Å². The van der Waals surface area contributed by atoms with Crippen molar-refractivity contribution in [3.63, 3.8) is 0 Å². The van der Waals surface area contributed by atoms with Crippen LogP contribution in [0.5, 0.6) is 11.6 Å². The van der Waals surface area contributed by atoms with Crippen LogP contribution in [0, 0.1) is 11.6 Å². The molecular formula is C35H36F5N3O10. The summed E-state index contributed by atoms with van der Waals surface area (Å²) in [4.78, 5) is 46.4. The topological polar surface area (TPSA) is 145 Å². The lowest BCUT2D eigenvalue weighted by molar-refractivity contribution is -0.276. The van der Waals surface area contributed by atoms with Crippen molar-refractivity contribution in [3.8, 4) is 11.6 Å². The summed E-state index contributed by atoms with van der Waals surface area (Å²) < 4.78 is 101. The maximum Gasteiger partial charge on any atom is 0.573 e. The maximum absolute atomic E-state index is 14.3. The van der Waals surface area contributed by atoms with Crippen LogP contribution in [-0.2, 0) is 30.2 Å². The number of ether oxygens (including phenoxy) is 7. The molecule has 0 radical (unpaired) electrons. The molecule has 0 unspecified atom stereocenters. The molecule has 53 heavy (non-hydrogen) atoms.